The summed E-state index contributed by atoms with van der Waals surface area (Å²) in [5.41, 5.74) is 5.29. The van der Waals surface area contributed by atoms with E-state index in [1.807, 2.05) is 0 Å². The number of hydrogen-bond acceptors (Lipinski definition) is 1. The Bertz CT molecular complexity index is 365. The van der Waals surface area contributed by atoms with Crippen LogP contribution >= 0.6 is 0 Å². The molecule has 0 aromatic rings. The van der Waals surface area contributed by atoms with Crippen LogP contribution < -0.4 is 0 Å². The third-order valence-corrected chi connectivity index (χ3v) is 10.5. The van der Waals surface area contributed by atoms with Gasteiger partial charge in [0.2, 0.25) is 0 Å². The minimum Gasteiger partial charge on any atom is -0.369 e. The van der Waals surface area contributed by atoms with Gasteiger partial charge in [0, 0.05) is 6.42 Å². The van der Waals surface area contributed by atoms with E-state index in [1.54, 1.807) is 0 Å². The number of aliphatic hydroxyl groups excluding tert-OH is 1. The smallest absolute Gasteiger partial charge is 0.175 e. The number of hydrogen-bond donors (Lipinski definition) is 1. The molecule has 1 atom stereocenters. The Balaban J connectivity index is 5.09. The predicted octanol–water partition coefficient (Wildman–Crippen LogP) is 4.76. The molecule has 0 bridgehead atoms. The van der Waals surface area contributed by atoms with Gasteiger partial charge in [0.25, 0.3) is 0 Å². The molecule has 20 heavy (non-hydrogen) atoms. The summed E-state index contributed by atoms with van der Waals surface area (Å²) >= 11 is 0. The van der Waals surface area contributed by atoms with Crippen LogP contribution in [0.4, 0.5) is 0 Å². The van der Waals surface area contributed by atoms with Gasteiger partial charge in [-0.05, 0) is 23.0 Å². The van der Waals surface area contributed by atoms with E-state index in [0.29, 0.717) is 16.6 Å². The van der Waals surface area contributed by atoms with Crippen LogP contribution in [0.1, 0.15) is 67.7 Å². The van der Waals surface area contributed by atoms with Gasteiger partial charge < -0.3 is 5.11 Å². The molecule has 0 aliphatic carbocycles. The van der Waals surface area contributed by atoms with Crippen molar-refractivity contribution in [1.82, 2.24) is 0 Å². The monoisotopic (exact) mass is 292 g/mol. The van der Waals surface area contributed by atoms with Crippen molar-refractivity contribution in [3.63, 3.8) is 0 Å². The van der Waals surface area contributed by atoms with Crippen molar-refractivity contribution in [3.8, 4) is 23.3 Å². The second-order valence-electron chi connectivity index (χ2n) is 6.49. The highest BCUT2D eigenvalue weighted by atomic mass is 28.3. The normalized spacial score (nSPS) is 12.9. The SMILES string of the molecule is CCCCC#CC(O)C#C[Si](C(C)C)(C(C)C)C(C)C. The highest BCUT2D eigenvalue weighted by molar-refractivity contribution is 6.90. The summed E-state index contributed by atoms with van der Waals surface area (Å²) in [5, 5.41) is 9.93. The molecule has 0 aliphatic rings. The van der Waals surface area contributed by atoms with Crippen molar-refractivity contribution in [2.24, 2.45) is 0 Å². The summed E-state index contributed by atoms with van der Waals surface area (Å²) < 4.78 is 0. The Hall–Kier alpha value is -0.703. The lowest BCUT2D eigenvalue weighted by molar-refractivity contribution is 0.289. The minimum absolute atomic E-state index is 0.593. The summed E-state index contributed by atoms with van der Waals surface area (Å²) in [6.45, 7) is 15.8. The molecule has 0 saturated heterocycles. The van der Waals surface area contributed by atoms with Crippen LogP contribution in [0.3, 0.4) is 0 Å². The maximum Gasteiger partial charge on any atom is 0.175 e. The van der Waals surface area contributed by atoms with Crippen LogP contribution in [-0.2, 0) is 0 Å². The van der Waals surface area contributed by atoms with Gasteiger partial charge in [-0.2, -0.15) is 0 Å². The number of aliphatic hydroxyl groups is 1. The fourth-order valence-electron chi connectivity index (χ4n) is 3.10. The van der Waals surface area contributed by atoms with Gasteiger partial charge in [-0.25, -0.2) is 0 Å². The highest BCUT2D eigenvalue weighted by Gasteiger charge is 2.41. The zero-order valence-corrected chi connectivity index (χ0v) is 15.4. The van der Waals surface area contributed by atoms with E-state index >= 15 is 0 Å². The van der Waals surface area contributed by atoms with Gasteiger partial charge in [-0.15, -0.1) is 5.54 Å². The third-order valence-electron chi connectivity index (χ3n) is 4.19. The number of rotatable bonds is 5. The van der Waals surface area contributed by atoms with Gasteiger partial charge in [-0.3, -0.25) is 0 Å². The Kier molecular flexibility index (Phi) is 8.95. The second kappa shape index (κ2) is 9.27. The first-order valence-electron chi connectivity index (χ1n) is 7.98. The topological polar surface area (TPSA) is 20.2 Å². The minimum atomic E-state index is -1.73. The van der Waals surface area contributed by atoms with E-state index in [-0.39, 0.29) is 0 Å². The Morgan fingerprint density at radius 3 is 1.80 bits per heavy atom. The average molecular weight is 293 g/mol. The van der Waals surface area contributed by atoms with Crippen LogP contribution in [0.5, 0.6) is 0 Å². The first-order valence-corrected chi connectivity index (χ1v) is 10.2. The fraction of sp³-hybridized carbons (Fsp3) is 0.778. The summed E-state index contributed by atoms with van der Waals surface area (Å²) in [5.74, 6) is 8.92. The van der Waals surface area contributed by atoms with Gasteiger partial charge in [-0.1, -0.05) is 72.6 Å². The molecule has 0 aliphatic heterocycles. The van der Waals surface area contributed by atoms with E-state index in [4.69, 9.17) is 0 Å². The molecule has 0 amide bonds. The van der Waals surface area contributed by atoms with Crippen molar-refractivity contribution in [3.05, 3.63) is 0 Å². The van der Waals surface area contributed by atoms with E-state index < -0.39 is 14.2 Å². The molecule has 0 aromatic heterocycles. The summed E-state index contributed by atoms with van der Waals surface area (Å²) in [4.78, 5) is 0. The summed E-state index contributed by atoms with van der Waals surface area (Å²) in [7, 11) is -1.73. The quantitative estimate of drug-likeness (QED) is 0.440. The molecule has 0 radical (unpaired) electrons. The Labute approximate surface area is 127 Å². The maximum atomic E-state index is 9.93. The molecule has 0 heterocycles. The van der Waals surface area contributed by atoms with Crippen molar-refractivity contribution in [2.45, 2.75) is 90.5 Å². The first kappa shape index (κ1) is 19.3. The zero-order chi connectivity index (χ0) is 15.8. The molecule has 0 rings (SSSR count). The predicted molar refractivity (Wildman–Crippen MR) is 92.1 cm³/mol. The molecular weight excluding hydrogens is 260 g/mol. The standard InChI is InChI=1S/C18H32OSi/c1-8-9-10-11-12-18(19)13-14-20(15(2)3,16(4)5)17(6)7/h15-19H,8-10H2,1-7H3. The molecule has 0 saturated carbocycles. The van der Waals surface area contributed by atoms with E-state index in [9.17, 15) is 5.11 Å². The molecular formula is C18H32OSi. The van der Waals surface area contributed by atoms with Gasteiger partial charge in [0.05, 0.1) is 0 Å². The molecule has 1 nitrogen and oxygen atoms in total. The van der Waals surface area contributed by atoms with Crippen LogP contribution in [0.15, 0.2) is 0 Å². The lowest BCUT2D eigenvalue weighted by Gasteiger charge is -2.38. The lowest BCUT2D eigenvalue weighted by Crippen LogP contribution is -2.43. The highest BCUT2D eigenvalue weighted by Crippen LogP contribution is 2.40. The van der Waals surface area contributed by atoms with Crippen molar-refractivity contribution < 1.29 is 5.11 Å². The molecule has 114 valence electrons. The van der Waals surface area contributed by atoms with Crippen LogP contribution in [0.2, 0.25) is 16.6 Å². The van der Waals surface area contributed by atoms with Gasteiger partial charge in [0.15, 0.2) is 6.10 Å². The third kappa shape index (κ3) is 5.35. The first-order chi connectivity index (χ1) is 9.28. The molecule has 0 fully saturated rings. The second-order valence-corrected chi connectivity index (χ2v) is 12.1. The average Bonchev–Trinajstić information content (AvgIpc) is 2.34. The Morgan fingerprint density at radius 1 is 0.900 bits per heavy atom. The maximum absolute atomic E-state index is 9.93. The van der Waals surface area contributed by atoms with Crippen LogP contribution in [-0.4, -0.2) is 19.3 Å². The Morgan fingerprint density at radius 2 is 1.40 bits per heavy atom. The molecule has 0 spiro atoms. The summed E-state index contributed by atoms with van der Waals surface area (Å²) in [6.07, 6.45) is 2.31. The fourth-order valence-corrected chi connectivity index (χ4v) is 8.35. The largest absolute Gasteiger partial charge is 0.369 e. The van der Waals surface area contributed by atoms with Crippen LogP contribution in [0.25, 0.3) is 0 Å². The van der Waals surface area contributed by atoms with Crippen molar-refractivity contribution in [2.75, 3.05) is 0 Å². The molecule has 1 unspecified atom stereocenters. The van der Waals surface area contributed by atoms with Crippen molar-refractivity contribution in [1.29, 1.82) is 0 Å². The van der Waals surface area contributed by atoms with Crippen molar-refractivity contribution >= 4 is 8.07 Å². The van der Waals surface area contributed by atoms with E-state index in [0.717, 1.165) is 19.3 Å². The molecule has 2 heteroatoms. The zero-order valence-electron chi connectivity index (χ0n) is 14.4. The van der Waals surface area contributed by atoms with Gasteiger partial charge >= 0.3 is 0 Å². The van der Waals surface area contributed by atoms with Gasteiger partial charge in [0.1, 0.15) is 8.07 Å². The van der Waals surface area contributed by atoms with E-state index in [2.05, 4.69) is 71.8 Å². The lowest BCUT2D eigenvalue weighted by atomic mass is 10.2. The molecule has 0 aromatic carbocycles. The summed E-state index contributed by atoms with van der Waals surface area (Å²) in [6, 6.07) is 0. The number of unbranched alkanes of at least 4 members (excludes halogenated alkanes) is 2. The van der Waals surface area contributed by atoms with E-state index in [1.165, 1.54) is 0 Å². The molecule has 1 N–H and O–H groups in total. The van der Waals surface area contributed by atoms with Crippen LogP contribution in [0, 0.1) is 23.3 Å².